The van der Waals surface area contributed by atoms with Crippen molar-refractivity contribution in [2.75, 3.05) is 0 Å². The molecule has 0 spiro atoms. The van der Waals surface area contributed by atoms with E-state index in [1.807, 2.05) is 13.8 Å². The zero-order valence-corrected chi connectivity index (χ0v) is 6.53. The maximum absolute atomic E-state index is 10.4. The standard InChI is InChI=1S/C7H10OS/c1-4-7(2,3)5-6(8)9/h1H,5H2,2-3H3,(H,8,9). The van der Waals surface area contributed by atoms with Crippen molar-refractivity contribution >= 4 is 17.7 Å². The maximum Gasteiger partial charge on any atom is 0.187 e. The van der Waals surface area contributed by atoms with Gasteiger partial charge in [0, 0.05) is 11.8 Å². The Balaban J connectivity index is 3.91. The lowest BCUT2D eigenvalue weighted by atomic mass is 9.91. The van der Waals surface area contributed by atoms with Crippen LogP contribution >= 0.6 is 12.6 Å². The third-order valence-corrected chi connectivity index (χ3v) is 1.14. The second-order valence-electron chi connectivity index (χ2n) is 2.60. The molecule has 2 heteroatoms. The molecule has 0 N–H and O–H groups in total. The lowest BCUT2D eigenvalue weighted by Gasteiger charge is -2.13. The van der Waals surface area contributed by atoms with Gasteiger partial charge in [-0.25, -0.2) is 0 Å². The second kappa shape index (κ2) is 2.93. The van der Waals surface area contributed by atoms with Gasteiger partial charge in [-0.1, -0.05) is 0 Å². The van der Waals surface area contributed by atoms with Gasteiger partial charge in [-0.15, -0.1) is 25.0 Å². The van der Waals surface area contributed by atoms with E-state index in [1.54, 1.807) is 0 Å². The molecule has 0 rings (SSSR count). The summed E-state index contributed by atoms with van der Waals surface area (Å²) in [6.07, 6.45) is 5.46. The van der Waals surface area contributed by atoms with Crippen molar-refractivity contribution < 1.29 is 4.79 Å². The molecule has 0 atom stereocenters. The van der Waals surface area contributed by atoms with Crippen molar-refractivity contribution in [2.45, 2.75) is 20.3 Å². The van der Waals surface area contributed by atoms with Crippen LogP contribution in [0.3, 0.4) is 0 Å². The molecular weight excluding hydrogens is 132 g/mol. The summed E-state index contributed by atoms with van der Waals surface area (Å²) in [6.45, 7) is 3.67. The van der Waals surface area contributed by atoms with E-state index in [0.717, 1.165) is 0 Å². The number of hydrogen-bond acceptors (Lipinski definition) is 1. The van der Waals surface area contributed by atoms with E-state index in [1.165, 1.54) is 0 Å². The lowest BCUT2D eigenvalue weighted by molar-refractivity contribution is -0.111. The average molecular weight is 142 g/mol. The van der Waals surface area contributed by atoms with Gasteiger partial charge in [-0.05, 0) is 13.8 Å². The van der Waals surface area contributed by atoms with Crippen LogP contribution in [0.1, 0.15) is 20.3 Å². The molecule has 0 aromatic heterocycles. The van der Waals surface area contributed by atoms with Crippen molar-refractivity contribution in [3.8, 4) is 12.3 Å². The summed E-state index contributed by atoms with van der Waals surface area (Å²) < 4.78 is 0. The zero-order chi connectivity index (χ0) is 7.49. The van der Waals surface area contributed by atoms with E-state index >= 15 is 0 Å². The Morgan fingerprint density at radius 3 is 2.33 bits per heavy atom. The van der Waals surface area contributed by atoms with Gasteiger partial charge in [0.2, 0.25) is 0 Å². The van der Waals surface area contributed by atoms with Gasteiger partial charge in [0.25, 0.3) is 0 Å². The first kappa shape index (κ1) is 8.58. The number of terminal acetylenes is 1. The summed E-state index contributed by atoms with van der Waals surface area (Å²) in [7, 11) is 0. The van der Waals surface area contributed by atoms with Crippen LogP contribution in [0.5, 0.6) is 0 Å². The number of rotatable bonds is 2. The van der Waals surface area contributed by atoms with Gasteiger partial charge < -0.3 is 0 Å². The molecular formula is C7H10OS. The Labute approximate surface area is 61.2 Å². The third kappa shape index (κ3) is 4.11. The van der Waals surface area contributed by atoms with Crippen LogP contribution in [-0.2, 0) is 4.79 Å². The van der Waals surface area contributed by atoms with Crippen molar-refractivity contribution in [2.24, 2.45) is 5.41 Å². The van der Waals surface area contributed by atoms with Crippen LogP contribution in [0, 0.1) is 17.8 Å². The largest absolute Gasteiger partial charge is 0.287 e. The fourth-order valence-electron chi connectivity index (χ4n) is 0.429. The van der Waals surface area contributed by atoms with Gasteiger partial charge in [0.1, 0.15) is 0 Å². The van der Waals surface area contributed by atoms with E-state index in [9.17, 15) is 4.79 Å². The fourth-order valence-corrected chi connectivity index (χ4v) is 0.824. The smallest absolute Gasteiger partial charge is 0.187 e. The van der Waals surface area contributed by atoms with Gasteiger partial charge in [0.15, 0.2) is 5.12 Å². The predicted molar refractivity (Wildman–Crippen MR) is 41.2 cm³/mol. The minimum absolute atomic E-state index is 0.155. The first-order valence-corrected chi connectivity index (χ1v) is 3.12. The Bertz CT molecular complexity index is 153. The molecule has 0 heterocycles. The predicted octanol–water partition coefficient (Wildman–Crippen LogP) is 1.49. The van der Waals surface area contributed by atoms with E-state index in [0.29, 0.717) is 6.42 Å². The first-order valence-electron chi connectivity index (χ1n) is 2.67. The second-order valence-corrected chi connectivity index (χ2v) is 3.10. The Morgan fingerprint density at radius 1 is 1.78 bits per heavy atom. The summed E-state index contributed by atoms with van der Waals surface area (Å²) >= 11 is 3.61. The minimum Gasteiger partial charge on any atom is -0.287 e. The highest BCUT2D eigenvalue weighted by Gasteiger charge is 2.16. The molecule has 0 bridgehead atoms. The quantitative estimate of drug-likeness (QED) is 0.456. The van der Waals surface area contributed by atoms with Crippen LogP contribution in [0.15, 0.2) is 0 Å². The molecule has 1 nitrogen and oxygen atoms in total. The van der Waals surface area contributed by atoms with Crippen LogP contribution in [0.4, 0.5) is 0 Å². The Kier molecular flexibility index (Phi) is 2.80. The Morgan fingerprint density at radius 2 is 2.22 bits per heavy atom. The lowest BCUT2D eigenvalue weighted by Crippen LogP contribution is -2.10. The van der Waals surface area contributed by atoms with Gasteiger partial charge in [-0.2, -0.15) is 0 Å². The maximum atomic E-state index is 10.4. The van der Waals surface area contributed by atoms with E-state index in [-0.39, 0.29) is 10.5 Å². The van der Waals surface area contributed by atoms with Gasteiger partial charge >= 0.3 is 0 Å². The van der Waals surface area contributed by atoms with E-state index in [4.69, 9.17) is 6.42 Å². The molecule has 0 aliphatic rings. The molecule has 0 unspecified atom stereocenters. The number of carbonyl (C=O) groups excluding carboxylic acids is 1. The van der Waals surface area contributed by atoms with E-state index < -0.39 is 0 Å². The summed E-state index contributed by atoms with van der Waals surface area (Å²) in [5.74, 6) is 2.50. The molecule has 0 fully saturated rings. The summed E-state index contributed by atoms with van der Waals surface area (Å²) in [5.41, 5.74) is -0.334. The number of carbonyl (C=O) groups is 1. The fraction of sp³-hybridized carbons (Fsp3) is 0.571. The van der Waals surface area contributed by atoms with Gasteiger partial charge in [0.05, 0.1) is 0 Å². The molecule has 0 aliphatic carbocycles. The zero-order valence-electron chi connectivity index (χ0n) is 5.64. The summed E-state index contributed by atoms with van der Waals surface area (Å²) in [6, 6.07) is 0. The monoisotopic (exact) mass is 142 g/mol. The normalized spacial score (nSPS) is 10.4. The molecule has 0 aromatic rings. The van der Waals surface area contributed by atoms with Crippen molar-refractivity contribution in [1.82, 2.24) is 0 Å². The molecule has 50 valence electrons. The molecule has 0 aromatic carbocycles. The molecule has 0 radical (unpaired) electrons. The SMILES string of the molecule is C#CC(C)(C)CC(=O)S. The third-order valence-electron chi connectivity index (χ3n) is 0.984. The van der Waals surface area contributed by atoms with Gasteiger partial charge in [-0.3, -0.25) is 4.79 Å². The molecule has 0 saturated carbocycles. The van der Waals surface area contributed by atoms with Crippen molar-refractivity contribution in [1.29, 1.82) is 0 Å². The summed E-state index contributed by atoms with van der Waals surface area (Å²) in [4.78, 5) is 10.4. The molecule has 0 amide bonds. The molecule has 9 heavy (non-hydrogen) atoms. The summed E-state index contributed by atoms with van der Waals surface area (Å²) in [5, 5.41) is -0.155. The highest BCUT2D eigenvalue weighted by atomic mass is 32.1. The average Bonchev–Trinajstić information content (AvgIpc) is 1.63. The minimum atomic E-state index is -0.334. The Hall–Kier alpha value is -0.420. The van der Waals surface area contributed by atoms with Crippen molar-refractivity contribution in [3.05, 3.63) is 0 Å². The van der Waals surface area contributed by atoms with Crippen LogP contribution in [-0.4, -0.2) is 5.12 Å². The highest BCUT2D eigenvalue weighted by molar-refractivity contribution is 7.96. The van der Waals surface area contributed by atoms with Crippen LogP contribution in [0.25, 0.3) is 0 Å². The number of hydrogen-bond donors (Lipinski definition) is 1. The molecule has 0 aliphatic heterocycles. The van der Waals surface area contributed by atoms with Crippen LogP contribution in [0.2, 0.25) is 0 Å². The number of thiol groups is 1. The highest BCUT2D eigenvalue weighted by Crippen LogP contribution is 2.19. The first-order chi connectivity index (χ1) is 3.98. The topological polar surface area (TPSA) is 17.1 Å². The van der Waals surface area contributed by atoms with E-state index in [2.05, 4.69) is 18.5 Å². The molecule has 0 saturated heterocycles. The van der Waals surface area contributed by atoms with Crippen molar-refractivity contribution in [3.63, 3.8) is 0 Å². The van der Waals surface area contributed by atoms with Crippen LogP contribution < -0.4 is 0 Å².